The summed E-state index contributed by atoms with van der Waals surface area (Å²) < 4.78 is 11.1. The fraction of sp³-hybridized carbons (Fsp3) is 0.889. The summed E-state index contributed by atoms with van der Waals surface area (Å²) >= 11 is 0. The van der Waals surface area contributed by atoms with E-state index in [4.69, 9.17) is 9.47 Å². The third kappa shape index (κ3) is 2.44. The van der Waals surface area contributed by atoms with Crippen LogP contribution in [-0.4, -0.2) is 43.4 Å². The van der Waals surface area contributed by atoms with E-state index >= 15 is 0 Å². The van der Waals surface area contributed by atoms with Crippen LogP contribution in [0.4, 0.5) is 0 Å². The van der Waals surface area contributed by atoms with Gasteiger partial charge in [0.1, 0.15) is 0 Å². The number of ether oxygens (including phenoxy) is 2. The van der Waals surface area contributed by atoms with Crippen molar-refractivity contribution in [3.8, 4) is 0 Å². The Hall–Kier alpha value is -0.120. The second-order valence-corrected chi connectivity index (χ2v) is 3.02. The summed E-state index contributed by atoms with van der Waals surface area (Å²) in [6.45, 7) is 7.30. The van der Waals surface area contributed by atoms with Crippen molar-refractivity contribution in [3.63, 3.8) is 0 Å². The molecule has 1 aliphatic rings. The molecule has 1 heterocycles. The standard InChI is InChI=1S/C9H18NO2/c1-4-11-8-6-10(3)7-9(8)12-5-2/h8-9H,3-7H2,1-2H3/q-1/t8-,9+. The summed E-state index contributed by atoms with van der Waals surface area (Å²) in [7, 11) is 3.88. The van der Waals surface area contributed by atoms with Crippen molar-refractivity contribution in [1.82, 2.24) is 4.90 Å². The van der Waals surface area contributed by atoms with Crippen LogP contribution in [0.25, 0.3) is 0 Å². The summed E-state index contributed by atoms with van der Waals surface area (Å²) in [5, 5.41) is 0. The van der Waals surface area contributed by atoms with Gasteiger partial charge in [0.05, 0.1) is 12.2 Å². The van der Waals surface area contributed by atoms with Crippen molar-refractivity contribution in [2.75, 3.05) is 26.3 Å². The van der Waals surface area contributed by atoms with Gasteiger partial charge in [0.15, 0.2) is 0 Å². The lowest BCUT2D eigenvalue weighted by Gasteiger charge is -2.18. The summed E-state index contributed by atoms with van der Waals surface area (Å²) in [5.74, 6) is 0. The van der Waals surface area contributed by atoms with Gasteiger partial charge in [0.25, 0.3) is 0 Å². The number of likely N-dealkylation sites (tertiary alicyclic amines) is 1. The topological polar surface area (TPSA) is 21.7 Å². The molecule has 0 radical (unpaired) electrons. The Morgan fingerprint density at radius 1 is 1.17 bits per heavy atom. The molecule has 0 unspecified atom stereocenters. The largest absolute Gasteiger partial charge is 0.455 e. The van der Waals surface area contributed by atoms with E-state index in [1.807, 2.05) is 18.7 Å². The molecule has 3 heteroatoms. The Morgan fingerprint density at radius 2 is 1.58 bits per heavy atom. The van der Waals surface area contributed by atoms with Gasteiger partial charge in [-0.05, 0) is 26.9 Å². The molecule has 0 spiro atoms. The number of rotatable bonds is 4. The molecule has 0 aromatic carbocycles. The maximum atomic E-state index is 5.53. The SMILES string of the molecule is [CH2-]N1C[C@H](OCC)[C@H](OCC)C1. The Kier molecular flexibility index (Phi) is 3.98. The monoisotopic (exact) mass is 172 g/mol. The van der Waals surface area contributed by atoms with Crippen LogP contribution in [0.15, 0.2) is 0 Å². The van der Waals surface area contributed by atoms with Crippen LogP contribution in [0.3, 0.4) is 0 Å². The van der Waals surface area contributed by atoms with Crippen LogP contribution in [0.5, 0.6) is 0 Å². The number of hydrogen-bond donors (Lipinski definition) is 0. The molecule has 1 fully saturated rings. The van der Waals surface area contributed by atoms with Crippen molar-refractivity contribution in [2.45, 2.75) is 26.1 Å². The van der Waals surface area contributed by atoms with Gasteiger partial charge < -0.3 is 14.4 Å². The van der Waals surface area contributed by atoms with E-state index in [0.717, 1.165) is 26.3 Å². The third-order valence-corrected chi connectivity index (χ3v) is 2.05. The zero-order chi connectivity index (χ0) is 8.97. The summed E-state index contributed by atoms with van der Waals surface area (Å²) in [6.07, 6.45) is 0.430. The first kappa shape index (κ1) is 9.96. The molecule has 0 aliphatic carbocycles. The Bertz CT molecular complexity index is 116. The highest BCUT2D eigenvalue weighted by Gasteiger charge is 2.28. The second-order valence-electron chi connectivity index (χ2n) is 3.02. The predicted molar refractivity (Wildman–Crippen MR) is 47.8 cm³/mol. The minimum absolute atomic E-state index is 0.215. The van der Waals surface area contributed by atoms with Crippen LogP contribution in [0.1, 0.15) is 13.8 Å². The molecule has 0 saturated carbocycles. The Balaban J connectivity index is 2.36. The third-order valence-electron chi connectivity index (χ3n) is 2.05. The Morgan fingerprint density at radius 3 is 1.92 bits per heavy atom. The molecular weight excluding hydrogens is 154 g/mol. The molecule has 0 aromatic rings. The van der Waals surface area contributed by atoms with Crippen molar-refractivity contribution in [2.24, 2.45) is 0 Å². The van der Waals surface area contributed by atoms with E-state index in [2.05, 4.69) is 7.05 Å². The van der Waals surface area contributed by atoms with Crippen molar-refractivity contribution < 1.29 is 9.47 Å². The molecular formula is C9H18NO2-. The minimum Gasteiger partial charge on any atom is -0.455 e. The summed E-state index contributed by atoms with van der Waals surface area (Å²) in [4.78, 5) is 2.00. The number of nitrogens with zero attached hydrogens (tertiary/aromatic N) is 1. The van der Waals surface area contributed by atoms with E-state index in [0.29, 0.717) is 0 Å². The Labute approximate surface area is 74.6 Å². The smallest absolute Gasteiger partial charge is 0.0950 e. The molecule has 0 amide bonds. The fourth-order valence-electron chi connectivity index (χ4n) is 1.57. The zero-order valence-electron chi connectivity index (χ0n) is 7.95. The van der Waals surface area contributed by atoms with Gasteiger partial charge in [0.2, 0.25) is 0 Å². The van der Waals surface area contributed by atoms with E-state index < -0.39 is 0 Å². The molecule has 1 saturated heterocycles. The average Bonchev–Trinajstić information content (AvgIpc) is 2.33. The maximum absolute atomic E-state index is 5.53. The van der Waals surface area contributed by atoms with Crippen LogP contribution in [0.2, 0.25) is 0 Å². The lowest BCUT2D eigenvalue weighted by Crippen LogP contribution is -2.29. The average molecular weight is 172 g/mol. The van der Waals surface area contributed by atoms with Crippen LogP contribution < -0.4 is 0 Å². The normalized spacial score (nSPS) is 31.2. The van der Waals surface area contributed by atoms with Gasteiger partial charge in [0, 0.05) is 13.2 Å². The lowest BCUT2D eigenvalue weighted by atomic mass is 10.2. The van der Waals surface area contributed by atoms with Gasteiger partial charge in [-0.3, -0.25) is 7.05 Å². The van der Waals surface area contributed by atoms with Crippen LogP contribution in [-0.2, 0) is 9.47 Å². The van der Waals surface area contributed by atoms with Crippen molar-refractivity contribution in [1.29, 1.82) is 0 Å². The van der Waals surface area contributed by atoms with E-state index in [-0.39, 0.29) is 12.2 Å². The maximum Gasteiger partial charge on any atom is 0.0950 e. The number of hydrogen-bond acceptors (Lipinski definition) is 3. The van der Waals surface area contributed by atoms with E-state index in [9.17, 15) is 0 Å². The molecule has 3 nitrogen and oxygen atoms in total. The lowest BCUT2D eigenvalue weighted by molar-refractivity contribution is -0.0388. The highest BCUT2D eigenvalue weighted by molar-refractivity contribution is 4.85. The highest BCUT2D eigenvalue weighted by Crippen LogP contribution is 2.15. The van der Waals surface area contributed by atoms with Crippen LogP contribution in [0, 0.1) is 7.05 Å². The highest BCUT2D eigenvalue weighted by atomic mass is 16.5. The quantitative estimate of drug-likeness (QED) is 0.588. The first-order chi connectivity index (χ1) is 5.77. The fourth-order valence-corrected chi connectivity index (χ4v) is 1.57. The van der Waals surface area contributed by atoms with Gasteiger partial charge in [-0.25, -0.2) is 0 Å². The summed E-state index contributed by atoms with van der Waals surface area (Å²) in [6, 6.07) is 0. The van der Waals surface area contributed by atoms with Gasteiger partial charge >= 0.3 is 0 Å². The van der Waals surface area contributed by atoms with Crippen molar-refractivity contribution in [3.05, 3.63) is 7.05 Å². The molecule has 0 N–H and O–H groups in total. The summed E-state index contributed by atoms with van der Waals surface area (Å²) in [5.41, 5.74) is 0. The molecule has 2 atom stereocenters. The molecule has 0 aromatic heterocycles. The molecule has 72 valence electrons. The molecule has 1 rings (SSSR count). The van der Waals surface area contributed by atoms with Gasteiger partial charge in [-0.2, -0.15) is 0 Å². The van der Waals surface area contributed by atoms with E-state index in [1.165, 1.54) is 0 Å². The van der Waals surface area contributed by atoms with Gasteiger partial charge in [-0.15, -0.1) is 0 Å². The zero-order valence-corrected chi connectivity index (χ0v) is 7.95. The van der Waals surface area contributed by atoms with Crippen LogP contribution >= 0.6 is 0 Å². The predicted octanol–water partition coefficient (Wildman–Crippen LogP) is 0.904. The first-order valence-corrected chi connectivity index (χ1v) is 4.56. The van der Waals surface area contributed by atoms with Crippen molar-refractivity contribution >= 4 is 0 Å². The molecule has 0 bridgehead atoms. The molecule has 12 heavy (non-hydrogen) atoms. The van der Waals surface area contributed by atoms with E-state index in [1.54, 1.807) is 0 Å². The minimum atomic E-state index is 0.215. The van der Waals surface area contributed by atoms with Gasteiger partial charge in [-0.1, -0.05) is 0 Å². The second kappa shape index (κ2) is 4.80. The molecule has 1 aliphatic heterocycles. The first-order valence-electron chi connectivity index (χ1n) is 4.56.